The minimum absolute atomic E-state index is 0.0347. The van der Waals surface area contributed by atoms with Gasteiger partial charge in [0.2, 0.25) is 0 Å². The summed E-state index contributed by atoms with van der Waals surface area (Å²) in [6.07, 6.45) is 5.90. The molecule has 1 fully saturated rings. The Morgan fingerprint density at radius 1 is 1.08 bits per heavy atom. The summed E-state index contributed by atoms with van der Waals surface area (Å²) in [4.78, 5) is 20.7. The molecular weight excluding hydrogens is 322 g/mol. The molecule has 24 heavy (non-hydrogen) atoms. The molecule has 5 heteroatoms. The van der Waals surface area contributed by atoms with Gasteiger partial charge >= 0.3 is 0 Å². The van der Waals surface area contributed by atoms with Crippen molar-refractivity contribution >= 4 is 23.6 Å². The molecule has 0 bridgehead atoms. The fraction of sp³-hybridized carbons (Fsp3) is 0.263. The van der Waals surface area contributed by atoms with Gasteiger partial charge < -0.3 is 4.90 Å². The largest absolute Gasteiger partial charge is 0.336 e. The van der Waals surface area contributed by atoms with E-state index in [2.05, 4.69) is 34.2 Å². The van der Waals surface area contributed by atoms with Crippen LogP contribution in [0.25, 0.3) is 6.08 Å². The number of benzene rings is 1. The Hall–Kier alpha value is -2.17. The molecule has 2 heterocycles. The second kappa shape index (κ2) is 8.08. The second-order valence-electron chi connectivity index (χ2n) is 5.75. The molecule has 4 nitrogen and oxygen atoms in total. The van der Waals surface area contributed by atoms with E-state index in [1.54, 1.807) is 18.3 Å². The number of nitrogens with zero attached hydrogens (tertiary/aromatic N) is 3. The maximum absolute atomic E-state index is 12.5. The zero-order valence-corrected chi connectivity index (χ0v) is 14.2. The highest BCUT2D eigenvalue weighted by atomic mass is 35.5. The molecule has 0 aliphatic carbocycles. The molecule has 1 aliphatic rings. The van der Waals surface area contributed by atoms with Crippen LogP contribution in [0.1, 0.15) is 15.9 Å². The van der Waals surface area contributed by atoms with Crippen molar-refractivity contribution in [1.82, 2.24) is 14.8 Å². The predicted octanol–water partition coefficient (Wildman–Crippen LogP) is 3.21. The monoisotopic (exact) mass is 341 g/mol. The topological polar surface area (TPSA) is 36.4 Å². The summed E-state index contributed by atoms with van der Waals surface area (Å²) in [6.45, 7) is 4.04. The van der Waals surface area contributed by atoms with Crippen molar-refractivity contribution in [3.8, 4) is 0 Å². The van der Waals surface area contributed by atoms with Crippen molar-refractivity contribution in [1.29, 1.82) is 0 Å². The molecule has 0 saturated carbocycles. The molecule has 0 radical (unpaired) electrons. The summed E-state index contributed by atoms with van der Waals surface area (Å²) in [7, 11) is 0. The van der Waals surface area contributed by atoms with E-state index in [0.717, 1.165) is 19.6 Å². The molecule has 1 amide bonds. The maximum atomic E-state index is 12.5. The highest BCUT2D eigenvalue weighted by Gasteiger charge is 2.23. The molecule has 0 unspecified atom stereocenters. The lowest BCUT2D eigenvalue weighted by Gasteiger charge is -2.34. The molecule has 2 aromatic rings. The lowest BCUT2D eigenvalue weighted by Crippen LogP contribution is -2.48. The fourth-order valence-electron chi connectivity index (χ4n) is 2.75. The fourth-order valence-corrected chi connectivity index (χ4v) is 2.95. The van der Waals surface area contributed by atoms with Gasteiger partial charge in [0.15, 0.2) is 0 Å². The van der Waals surface area contributed by atoms with Crippen molar-refractivity contribution in [2.45, 2.75) is 0 Å². The Morgan fingerprint density at radius 3 is 2.54 bits per heavy atom. The smallest absolute Gasteiger partial charge is 0.257 e. The van der Waals surface area contributed by atoms with Crippen molar-refractivity contribution < 1.29 is 4.79 Å². The molecule has 0 spiro atoms. The van der Waals surface area contributed by atoms with E-state index in [9.17, 15) is 4.79 Å². The number of amides is 1. The summed E-state index contributed by atoms with van der Waals surface area (Å²) in [6, 6.07) is 13.7. The Labute approximate surface area is 147 Å². The molecule has 0 atom stereocenters. The summed E-state index contributed by atoms with van der Waals surface area (Å²) in [5, 5.41) is 0.274. The summed E-state index contributed by atoms with van der Waals surface area (Å²) in [5.41, 5.74) is 1.69. The van der Waals surface area contributed by atoms with Gasteiger partial charge in [-0.3, -0.25) is 9.69 Å². The lowest BCUT2D eigenvalue weighted by atomic mass is 10.2. The number of carbonyl (C=O) groups is 1. The van der Waals surface area contributed by atoms with Crippen molar-refractivity contribution in [3.05, 3.63) is 71.0 Å². The zero-order valence-electron chi connectivity index (χ0n) is 13.4. The Bertz CT molecular complexity index is 710. The van der Waals surface area contributed by atoms with Crippen molar-refractivity contribution in [2.24, 2.45) is 0 Å². The van der Waals surface area contributed by atoms with Gasteiger partial charge in [-0.1, -0.05) is 54.1 Å². The summed E-state index contributed by atoms with van der Waals surface area (Å²) >= 11 is 6.02. The highest BCUT2D eigenvalue weighted by Crippen LogP contribution is 2.15. The number of rotatable bonds is 4. The number of hydrogen-bond acceptors (Lipinski definition) is 3. The SMILES string of the molecule is O=C(c1cccnc1Cl)N1CCN(CC=Cc2ccccc2)CC1. The average molecular weight is 342 g/mol. The van der Waals surface area contributed by atoms with E-state index in [0.29, 0.717) is 18.7 Å². The first-order valence-corrected chi connectivity index (χ1v) is 8.45. The summed E-state index contributed by atoms with van der Waals surface area (Å²) in [5.74, 6) is -0.0347. The van der Waals surface area contributed by atoms with Gasteiger partial charge in [-0.2, -0.15) is 0 Å². The van der Waals surface area contributed by atoms with E-state index in [1.807, 2.05) is 23.1 Å². The summed E-state index contributed by atoms with van der Waals surface area (Å²) < 4.78 is 0. The number of carbonyl (C=O) groups excluding carboxylic acids is 1. The van der Waals surface area contributed by atoms with Crippen LogP contribution in [0.3, 0.4) is 0 Å². The van der Waals surface area contributed by atoms with Crippen LogP contribution in [-0.4, -0.2) is 53.4 Å². The van der Waals surface area contributed by atoms with Crippen LogP contribution < -0.4 is 0 Å². The molecule has 0 N–H and O–H groups in total. The molecular formula is C19H20ClN3O. The number of piperazine rings is 1. The lowest BCUT2D eigenvalue weighted by molar-refractivity contribution is 0.0650. The van der Waals surface area contributed by atoms with Gasteiger partial charge in [0.05, 0.1) is 5.56 Å². The molecule has 1 saturated heterocycles. The van der Waals surface area contributed by atoms with Crippen LogP contribution in [0, 0.1) is 0 Å². The van der Waals surface area contributed by atoms with Gasteiger partial charge in [0.1, 0.15) is 5.15 Å². The van der Waals surface area contributed by atoms with Gasteiger partial charge in [-0.05, 0) is 17.7 Å². The minimum atomic E-state index is -0.0347. The van der Waals surface area contributed by atoms with Crippen LogP contribution in [-0.2, 0) is 0 Å². The standard InChI is InChI=1S/C19H20ClN3O/c20-18-17(9-4-10-21-18)19(24)23-14-12-22(13-15-23)11-5-8-16-6-2-1-3-7-16/h1-10H,11-15H2. The first-order chi connectivity index (χ1) is 11.7. The highest BCUT2D eigenvalue weighted by molar-refractivity contribution is 6.32. The van der Waals surface area contributed by atoms with Crippen LogP contribution in [0.15, 0.2) is 54.7 Å². The average Bonchev–Trinajstić information content (AvgIpc) is 2.63. The third-order valence-electron chi connectivity index (χ3n) is 4.12. The number of pyridine rings is 1. The molecule has 3 rings (SSSR count). The molecule has 1 aromatic heterocycles. The zero-order chi connectivity index (χ0) is 16.8. The van der Waals surface area contributed by atoms with E-state index in [-0.39, 0.29) is 11.1 Å². The Balaban J connectivity index is 1.50. The first-order valence-electron chi connectivity index (χ1n) is 8.08. The number of hydrogen-bond donors (Lipinski definition) is 0. The third-order valence-corrected chi connectivity index (χ3v) is 4.42. The van der Waals surface area contributed by atoms with Gasteiger partial charge in [0.25, 0.3) is 5.91 Å². The van der Waals surface area contributed by atoms with Crippen LogP contribution in [0.4, 0.5) is 0 Å². The van der Waals surface area contributed by atoms with Crippen molar-refractivity contribution in [3.63, 3.8) is 0 Å². The number of halogens is 1. The van der Waals surface area contributed by atoms with E-state index in [1.165, 1.54) is 5.56 Å². The van der Waals surface area contributed by atoms with Crippen LogP contribution >= 0.6 is 11.6 Å². The minimum Gasteiger partial charge on any atom is -0.336 e. The van der Waals surface area contributed by atoms with Crippen LogP contribution in [0.2, 0.25) is 5.15 Å². The third kappa shape index (κ3) is 4.22. The van der Waals surface area contributed by atoms with E-state index < -0.39 is 0 Å². The van der Waals surface area contributed by atoms with Gasteiger partial charge in [-0.25, -0.2) is 4.98 Å². The van der Waals surface area contributed by atoms with E-state index in [4.69, 9.17) is 11.6 Å². The van der Waals surface area contributed by atoms with Crippen molar-refractivity contribution in [2.75, 3.05) is 32.7 Å². The Kier molecular flexibility index (Phi) is 5.62. The quantitative estimate of drug-likeness (QED) is 0.801. The van der Waals surface area contributed by atoms with Gasteiger partial charge in [-0.15, -0.1) is 0 Å². The normalized spacial score (nSPS) is 15.8. The van der Waals surface area contributed by atoms with Gasteiger partial charge in [0, 0.05) is 38.9 Å². The molecule has 124 valence electrons. The predicted molar refractivity (Wildman–Crippen MR) is 97.1 cm³/mol. The Morgan fingerprint density at radius 2 is 1.83 bits per heavy atom. The molecule has 1 aliphatic heterocycles. The maximum Gasteiger partial charge on any atom is 0.257 e. The molecule has 1 aromatic carbocycles. The van der Waals surface area contributed by atoms with E-state index >= 15 is 0 Å². The van der Waals surface area contributed by atoms with Crippen LogP contribution in [0.5, 0.6) is 0 Å². The second-order valence-corrected chi connectivity index (χ2v) is 6.11. The first kappa shape index (κ1) is 16.7. The number of aromatic nitrogens is 1.